The highest BCUT2D eigenvalue weighted by molar-refractivity contribution is 5.95. The summed E-state index contributed by atoms with van der Waals surface area (Å²) in [7, 11) is 0. The second kappa shape index (κ2) is 3.81. The molecule has 0 bridgehead atoms. The van der Waals surface area contributed by atoms with Gasteiger partial charge in [-0.15, -0.1) is 0 Å². The summed E-state index contributed by atoms with van der Waals surface area (Å²) < 4.78 is 0. The Balaban J connectivity index is 2.31. The fourth-order valence-corrected chi connectivity index (χ4v) is 1.78. The van der Waals surface area contributed by atoms with Gasteiger partial charge in [0, 0.05) is 13.1 Å². The Morgan fingerprint density at radius 3 is 2.93 bits per heavy atom. The van der Waals surface area contributed by atoms with E-state index in [1.165, 1.54) is 0 Å². The average Bonchev–Trinajstić information content (AvgIpc) is 2.20. The summed E-state index contributed by atoms with van der Waals surface area (Å²) in [5.41, 5.74) is 8.46. The molecular formula is C11H15N3O. The molecule has 4 heteroatoms. The molecule has 1 aliphatic rings. The number of nitrogens with one attached hydrogen (secondary N) is 1. The van der Waals surface area contributed by atoms with Gasteiger partial charge < -0.3 is 11.1 Å². The maximum Gasteiger partial charge on any atom is 0.321 e. The van der Waals surface area contributed by atoms with Crippen molar-refractivity contribution in [2.45, 2.75) is 13.3 Å². The normalized spacial score (nSPS) is 16.3. The molecule has 1 saturated heterocycles. The second-order valence-electron chi connectivity index (χ2n) is 3.80. The quantitative estimate of drug-likeness (QED) is 0.682. The maximum absolute atomic E-state index is 11.6. The third-order valence-electron chi connectivity index (χ3n) is 2.55. The van der Waals surface area contributed by atoms with Crippen molar-refractivity contribution in [2.75, 3.05) is 23.7 Å². The molecule has 0 saturated carbocycles. The van der Waals surface area contributed by atoms with Crippen molar-refractivity contribution in [3.8, 4) is 0 Å². The molecule has 1 heterocycles. The lowest BCUT2D eigenvalue weighted by Gasteiger charge is -2.28. The first-order valence-corrected chi connectivity index (χ1v) is 5.10. The van der Waals surface area contributed by atoms with Gasteiger partial charge >= 0.3 is 6.03 Å². The summed E-state index contributed by atoms with van der Waals surface area (Å²) >= 11 is 0. The maximum atomic E-state index is 11.6. The van der Waals surface area contributed by atoms with Crippen LogP contribution in [0.2, 0.25) is 0 Å². The van der Waals surface area contributed by atoms with Gasteiger partial charge in [0.15, 0.2) is 0 Å². The van der Waals surface area contributed by atoms with E-state index >= 15 is 0 Å². The van der Waals surface area contributed by atoms with Crippen molar-refractivity contribution in [3.63, 3.8) is 0 Å². The van der Waals surface area contributed by atoms with Crippen LogP contribution in [0.25, 0.3) is 0 Å². The van der Waals surface area contributed by atoms with E-state index in [0.29, 0.717) is 5.69 Å². The minimum absolute atomic E-state index is 0.0585. The zero-order valence-electron chi connectivity index (χ0n) is 8.79. The van der Waals surface area contributed by atoms with Crippen molar-refractivity contribution < 1.29 is 4.79 Å². The number of hydrogen-bond acceptors (Lipinski definition) is 2. The number of aryl methyl sites for hydroxylation is 1. The van der Waals surface area contributed by atoms with Gasteiger partial charge in [-0.25, -0.2) is 4.79 Å². The van der Waals surface area contributed by atoms with E-state index in [0.717, 1.165) is 30.8 Å². The minimum atomic E-state index is -0.0585. The molecule has 1 aromatic carbocycles. The lowest BCUT2D eigenvalue weighted by molar-refractivity contribution is 0.243. The van der Waals surface area contributed by atoms with Gasteiger partial charge in [-0.2, -0.15) is 0 Å². The monoisotopic (exact) mass is 205 g/mol. The van der Waals surface area contributed by atoms with Crippen molar-refractivity contribution >= 4 is 17.4 Å². The zero-order valence-corrected chi connectivity index (χ0v) is 8.79. The van der Waals surface area contributed by atoms with Crippen LogP contribution in [-0.2, 0) is 0 Å². The number of carbonyl (C=O) groups is 1. The molecule has 1 fully saturated rings. The van der Waals surface area contributed by atoms with E-state index in [9.17, 15) is 4.79 Å². The van der Waals surface area contributed by atoms with Crippen molar-refractivity contribution in [1.29, 1.82) is 0 Å². The number of nitrogens with two attached hydrogens (primary N) is 1. The number of rotatable bonds is 1. The fourth-order valence-electron chi connectivity index (χ4n) is 1.78. The highest BCUT2D eigenvalue weighted by atomic mass is 16.2. The highest BCUT2D eigenvalue weighted by Crippen LogP contribution is 2.25. The molecule has 15 heavy (non-hydrogen) atoms. The highest BCUT2D eigenvalue weighted by Gasteiger charge is 2.20. The average molecular weight is 205 g/mol. The predicted octanol–water partition coefficient (Wildman–Crippen LogP) is 1.50. The lowest BCUT2D eigenvalue weighted by Crippen LogP contribution is -2.46. The van der Waals surface area contributed by atoms with E-state index in [4.69, 9.17) is 5.73 Å². The summed E-state index contributed by atoms with van der Waals surface area (Å²) in [5.74, 6) is 0. The molecule has 80 valence electrons. The molecule has 1 aliphatic heterocycles. The van der Waals surface area contributed by atoms with Gasteiger partial charge in [0.05, 0.1) is 11.4 Å². The Labute approximate surface area is 89.1 Å². The number of nitrogen functional groups attached to an aromatic ring is 1. The zero-order chi connectivity index (χ0) is 10.8. The first kappa shape index (κ1) is 9.83. The van der Waals surface area contributed by atoms with E-state index in [1.54, 1.807) is 4.90 Å². The van der Waals surface area contributed by atoms with E-state index < -0.39 is 0 Å². The van der Waals surface area contributed by atoms with Crippen LogP contribution in [0.1, 0.15) is 12.0 Å². The number of hydrogen-bond donors (Lipinski definition) is 2. The predicted molar refractivity (Wildman–Crippen MR) is 61.0 cm³/mol. The largest absolute Gasteiger partial charge is 0.397 e. The summed E-state index contributed by atoms with van der Waals surface area (Å²) in [6.07, 6.45) is 0.957. The number of amides is 2. The smallest absolute Gasteiger partial charge is 0.321 e. The summed E-state index contributed by atoms with van der Waals surface area (Å²) in [6, 6.07) is 5.69. The molecule has 1 aromatic rings. The molecule has 0 unspecified atom stereocenters. The Hall–Kier alpha value is -1.71. The number of benzene rings is 1. The van der Waals surface area contributed by atoms with Crippen LogP contribution in [0.4, 0.5) is 16.2 Å². The fraction of sp³-hybridized carbons (Fsp3) is 0.364. The second-order valence-corrected chi connectivity index (χ2v) is 3.80. The lowest BCUT2D eigenvalue weighted by atomic mass is 10.1. The van der Waals surface area contributed by atoms with Gasteiger partial charge in [0.1, 0.15) is 0 Å². The summed E-state index contributed by atoms with van der Waals surface area (Å²) in [5, 5.41) is 2.80. The van der Waals surface area contributed by atoms with Crippen LogP contribution >= 0.6 is 0 Å². The van der Waals surface area contributed by atoms with Crippen molar-refractivity contribution in [1.82, 2.24) is 5.32 Å². The third-order valence-corrected chi connectivity index (χ3v) is 2.55. The van der Waals surface area contributed by atoms with Crippen LogP contribution in [0.3, 0.4) is 0 Å². The summed E-state index contributed by atoms with van der Waals surface area (Å²) in [6.45, 7) is 3.47. The SMILES string of the molecule is Cc1ccc(N2CCCNC2=O)c(N)c1. The third kappa shape index (κ3) is 1.88. The molecule has 0 aromatic heterocycles. The number of urea groups is 1. The Bertz CT molecular complexity index is 389. The van der Waals surface area contributed by atoms with Gasteiger partial charge in [-0.1, -0.05) is 6.07 Å². The Morgan fingerprint density at radius 2 is 2.27 bits per heavy atom. The van der Waals surface area contributed by atoms with Crippen molar-refractivity contribution in [3.05, 3.63) is 23.8 Å². The van der Waals surface area contributed by atoms with Gasteiger partial charge in [0.2, 0.25) is 0 Å². The van der Waals surface area contributed by atoms with E-state index in [1.807, 2.05) is 25.1 Å². The first-order chi connectivity index (χ1) is 7.18. The molecule has 0 spiro atoms. The van der Waals surface area contributed by atoms with Gasteiger partial charge in [0.25, 0.3) is 0 Å². The van der Waals surface area contributed by atoms with Gasteiger partial charge in [-0.3, -0.25) is 4.90 Å². The van der Waals surface area contributed by atoms with Crippen LogP contribution in [-0.4, -0.2) is 19.1 Å². The van der Waals surface area contributed by atoms with Gasteiger partial charge in [-0.05, 0) is 31.0 Å². The van der Waals surface area contributed by atoms with Crippen LogP contribution < -0.4 is 16.0 Å². The van der Waals surface area contributed by atoms with E-state index in [2.05, 4.69) is 5.32 Å². The molecule has 0 atom stereocenters. The Morgan fingerprint density at radius 1 is 1.47 bits per heavy atom. The first-order valence-electron chi connectivity index (χ1n) is 5.10. The van der Waals surface area contributed by atoms with Crippen LogP contribution in [0.15, 0.2) is 18.2 Å². The number of anilines is 2. The number of nitrogens with zero attached hydrogens (tertiary/aromatic N) is 1. The molecular weight excluding hydrogens is 190 g/mol. The molecule has 0 aliphatic carbocycles. The Kier molecular flexibility index (Phi) is 2.49. The van der Waals surface area contributed by atoms with E-state index in [-0.39, 0.29) is 6.03 Å². The number of carbonyl (C=O) groups excluding carboxylic acids is 1. The van der Waals surface area contributed by atoms with Crippen molar-refractivity contribution in [2.24, 2.45) is 0 Å². The summed E-state index contributed by atoms with van der Waals surface area (Å²) in [4.78, 5) is 13.3. The molecule has 2 amide bonds. The standard InChI is InChI=1S/C11H15N3O/c1-8-3-4-10(9(12)7-8)14-6-2-5-13-11(14)15/h3-4,7H,2,5-6,12H2,1H3,(H,13,15). The van der Waals surface area contributed by atoms with Crippen LogP contribution in [0.5, 0.6) is 0 Å². The van der Waals surface area contributed by atoms with Crippen LogP contribution in [0, 0.1) is 6.92 Å². The topological polar surface area (TPSA) is 58.4 Å². The molecule has 2 rings (SSSR count). The molecule has 3 N–H and O–H groups in total. The minimum Gasteiger partial charge on any atom is -0.397 e. The molecule has 0 radical (unpaired) electrons. The molecule has 4 nitrogen and oxygen atoms in total.